The van der Waals surface area contributed by atoms with Gasteiger partial charge in [0.1, 0.15) is 0 Å². The second kappa shape index (κ2) is 7.28. The summed E-state index contributed by atoms with van der Waals surface area (Å²) in [6.07, 6.45) is 4.12. The molecule has 0 fully saturated rings. The number of benzene rings is 1. The van der Waals surface area contributed by atoms with Crippen LogP contribution in [-0.4, -0.2) is 34.7 Å². The predicted octanol–water partition coefficient (Wildman–Crippen LogP) is 2.21. The number of aryl methyl sites for hydroxylation is 1. The van der Waals surface area contributed by atoms with Gasteiger partial charge in [-0.1, -0.05) is 18.2 Å². The molecule has 1 heterocycles. The second-order valence-electron chi connectivity index (χ2n) is 4.65. The number of fused-ring (bicyclic) bond motifs is 1. The summed E-state index contributed by atoms with van der Waals surface area (Å²) in [4.78, 5) is 3.22. The lowest BCUT2D eigenvalue weighted by molar-refractivity contribution is -0.104. The van der Waals surface area contributed by atoms with Crippen molar-refractivity contribution >= 4 is 10.9 Å². The van der Waals surface area contributed by atoms with Crippen molar-refractivity contribution in [3.05, 3.63) is 36.0 Å². The van der Waals surface area contributed by atoms with E-state index in [1.54, 1.807) is 0 Å². The zero-order valence-electron chi connectivity index (χ0n) is 11.0. The van der Waals surface area contributed by atoms with Gasteiger partial charge in [0, 0.05) is 36.7 Å². The van der Waals surface area contributed by atoms with Gasteiger partial charge >= 0.3 is 0 Å². The van der Waals surface area contributed by atoms with Crippen LogP contribution >= 0.6 is 0 Å². The lowest BCUT2D eigenvalue weighted by Gasteiger charge is -2.11. The van der Waals surface area contributed by atoms with Crippen LogP contribution < -0.4 is 0 Å². The average Bonchev–Trinajstić information content (AvgIpc) is 2.85. The van der Waals surface area contributed by atoms with Gasteiger partial charge in [0.2, 0.25) is 0 Å². The minimum absolute atomic E-state index is 0.175. The quantitative estimate of drug-likeness (QED) is 0.505. The molecule has 2 aromatic rings. The number of hydrogen-bond donors (Lipinski definition) is 3. The fraction of sp³-hybridized carbons (Fsp3) is 0.467. The monoisotopic (exact) mass is 263 g/mol. The van der Waals surface area contributed by atoms with Crippen molar-refractivity contribution in [2.45, 2.75) is 32.0 Å². The Morgan fingerprint density at radius 3 is 2.89 bits per heavy atom. The average molecular weight is 263 g/mol. The number of aliphatic hydroxyl groups is 2. The van der Waals surface area contributed by atoms with E-state index in [9.17, 15) is 5.11 Å². The molecule has 0 bridgehead atoms. The molecule has 1 unspecified atom stereocenters. The van der Waals surface area contributed by atoms with Crippen LogP contribution in [0.25, 0.3) is 10.9 Å². The van der Waals surface area contributed by atoms with Gasteiger partial charge in [-0.25, -0.2) is 0 Å². The van der Waals surface area contributed by atoms with Crippen LogP contribution in [0.15, 0.2) is 30.5 Å². The molecule has 1 aromatic heterocycles. The van der Waals surface area contributed by atoms with E-state index in [0.29, 0.717) is 13.0 Å². The van der Waals surface area contributed by atoms with E-state index in [-0.39, 0.29) is 6.61 Å². The predicted molar refractivity (Wildman–Crippen MR) is 74.9 cm³/mol. The Morgan fingerprint density at radius 2 is 2.05 bits per heavy atom. The number of aromatic amines is 1. The number of aromatic nitrogens is 1. The van der Waals surface area contributed by atoms with Crippen LogP contribution in [-0.2, 0) is 11.2 Å². The molecule has 0 saturated heterocycles. The Kier molecular flexibility index (Phi) is 5.39. The number of H-pyrrole nitrogens is 1. The third kappa shape index (κ3) is 4.06. The summed E-state index contributed by atoms with van der Waals surface area (Å²) in [5, 5.41) is 19.6. The molecule has 0 aliphatic rings. The number of ether oxygens (including phenoxy) is 1. The molecule has 0 spiro atoms. The Balaban J connectivity index is 1.78. The van der Waals surface area contributed by atoms with Gasteiger partial charge in [-0.05, 0) is 30.9 Å². The summed E-state index contributed by atoms with van der Waals surface area (Å²) in [5.41, 5.74) is 2.32. The van der Waals surface area contributed by atoms with Gasteiger partial charge in [-0.2, -0.15) is 0 Å². The molecule has 4 nitrogen and oxygen atoms in total. The Labute approximate surface area is 113 Å². The Morgan fingerprint density at radius 1 is 1.21 bits per heavy atom. The maximum absolute atomic E-state index is 9.72. The van der Waals surface area contributed by atoms with Gasteiger partial charge in [0.15, 0.2) is 6.29 Å². The minimum Gasteiger partial charge on any atom is -0.396 e. The van der Waals surface area contributed by atoms with Crippen molar-refractivity contribution in [3.63, 3.8) is 0 Å². The van der Waals surface area contributed by atoms with E-state index >= 15 is 0 Å². The van der Waals surface area contributed by atoms with Crippen LogP contribution in [0.1, 0.15) is 24.8 Å². The highest BCUT2D eigenvalue weighted by molar-refractivity contribution is 5.82. The largest absolute Gasteiger partial charge is 0.396 e. The van der Waals surface area contributed by atoms with E-state index in [1.807, 2.05) is 24.4 Å². The first kappa shape index (κ1) is 14.1. The standard InChI is InChI=1S/C15H21NO3/c17-9-3-4-10-19-15(18)8-7-12-11-16-14-6-2-1-5-13(12)14/h1-2,5-6,11,15-18H,3-4,7-10H2. The highest BCUT2D eigenvalue weighted by Crippen LogP contribution is 2.19. The zero-order chi connectivity index (χ0) is 13.5. The van der Waals surface area contributed by atoms with Gasteiger partial charge in [0.25, 0.3) is 0 Å². The number of nitrogens with one attached hydrogen (secondary N) is 1. The topological polar surface area (TPSA) is 65.5 Å². The van der Waals surface area contributed by atoms with E-state index in [0.717, 1.165) is 24.8 Å². The van der Waals surface area contributed by atoms with E-state index < -0.39 is 6.29 Å². The molecule has 1 aromatic carbocycles. The maximum Gasteiger partial charge on any atom is 0.154 e. The lowest BCUT2D eigenvalue weighted by Crippen LogP contribution is -2.14. The molecule has 0 amide bonds. The smallest absolute Gasteiger partial charge is 0.154 e. The molecule has 0 aliphatic heterocycles. The highest BCUT2D eigenvalue weighted by atomic mass is 16.6. The van der Waals surface area contributed by atoms with E-state index in [2.05, 4.69) is 11.1 Å². The van der Waals surface area contributed by atoms with Crippen LogP contribution in [0.3, 0.4) is 0 Å². The molecule has 0 aliphatic carbocycles. The van der Waals surface area contributed by atoms with Crippen LogP contribution in [0, 0.1) is 0 Å². The summed E-state index contributed by atoms with van der Waals surface area (Å²) < 4.78 is 5.29. The zero-order valence-corrected chi connectivity index (χ0v) is 11.0. The molecule has 2 rings (SSSR count). The molecule has 1 atom stereocenters. The molecule has 3 N–H and O–H groups in total. The fourth-order valence-electron chi connectivity index (χ4n) is 2.13. The van der Waals surface area contributed by atoms with Crippen LogP contribution in [0.4, 0.5) is 0 Å². The van der Waals surface area contributed by atoms with Crippen molar-refractivity contribution in [2.24, 2.45) is 0 Å². The molecule has 4 heteroatoms. The number of aliphatic hydroxyl groups excluding tert-OH is 2. The summed E-state index contributed by atoms with van der Waals surface area (Å²) in [7, 11) is 0. The van der Waals surface area contributed by atoms with Gasteiger partial charge < -0.3 is 19.9 Å². The first-order valence-electron chi connectivity index (χ1n) is 6.77. The van der Waals surface area contributed by atoms with Gasteiger partial charge in [0.05, 0.1) is 0 Å². The minimum atomic E-state index is -0.729. The first-order valence-corrected chi connectivity index (χ1v) is 6.77. The summed E-state index contributed by atoms with van der Waals surface area (Å²) >= 11 is 0. The molecule has 0 radical (unpaired) electrons. The Hall–Kier alpha value is -1.36. The van der Waals surface area contributed by atoms with Crippen molar-refractivity contribution < 1.29 is 14.9 Å². The number of para-hydroxylation sites is 1. The van der Waals surface area contributed by atoms with Crippen molar-refractivity contribution in [3.8, 4) is 0 Å². The third-order valence-corrected chi connectivity index (χ3v) is 3.20. The lowest BCUT2D eigenvalue weighted by atomic mass is 10.1. The number of rotatable bonds is 8. The molecular formula is C15H21NO3. The van der Waals surface area contributed by atoms with Crippen LogP contribution in [0.5, 0.6) is 0 Å². The summed E-state index contributed by atoms with van der Waals surface area (Å²) in [6, 6.07) is 8.14. The van der Waals surface area contributed by atoms with Crippen molar-refractivity contribution in [1.29, 1.82) is 0 Å². The maximum atomic E-state index is 9.72. The van der Waals surface area contributed by atoms with Crippen LogP contribution in [0.2, 0.25) is 0 Å². The van der Waals surface area contributed by atoms with Gasteiger partial charge in [-0.3, -0.25) is 0 Å². The summed E-state index contributed by atoms with van der Waals surface area (Å²) in [5.74, 6) is 0. The third-order valence-electron chi connectivity index (χ3n) is 3.20. The molecule has 19 heavy (non-hydrogen) atoms. The van der Waals surface area contributed by atoms with Crippen molar-refractivity contribution in [2.75, 3.05) is 13.2 Å². The van der Waals surface area contributed by atoms with Gasteiger partial charge in [-0.15, -0.1) is 0 Å². The molecule has 0 saturated carbocycles. The summed E-state index contributed by atoms with van der Waals surface area (Å²) in [6.45, 7) is 0.671. The fourth-order valence-corrected chi connectivity index (χ4v) is 2.13. The number of unbranched alkanes of at least 4 members (excludes halogenated alkanes) is 1. The number of hydrogen-bond acceptors (Lipinski definition) is 3. The first-order chi connectivity index (χ1) is 9.31. The molecule has 104 valence electrons. The van der Waals surface area contributed by atoms with E-state index in [4.69, 9.17) is 9.84 Å². The van der Waals surface area contributed by atoms with Crippen molar-refractivity contribution in [1.82, 2.24) is 4.98 Å². The van der Waals surface area contributed by atoms with E-state index in [1.165, 1.54) is 10.9 Å². The normalized spacial score (nSPS) is 12.9. The highest BCUT2D eigenvalue weighted by Gasteiger charge is 2.07. The second-order valence-corrected chi connectivity index (χ2v) is 4.65. The molecular weight excluding hydrogens is 242 g/mol. The Bertz CT molecular complexity index is 495. The SMILES string of the molecule is OCCCCOC(O)CCc1c[nH]c2ccccc12.